The van der Waals surface area contributed by atoms with E-state index in [1.165, 1.54) is 16.6 Å². The highest BCUT2D eigenvalue weighted by atomic mass is 35.5. The van der Waals surface area contributed by atoms with Crippen LogP contribution in [0.1, 0.15) is 24.3 Å². The molecule has 2 nitrogen and oxygen atoms in total. The molecule has 1 fully saturated rings. The average Bonchev–Trinajstić information content (AvgIpc) is 2.62. The molecule has 24 heavy (non-hydrogen) atoms. The Kier molecular flexibility index (Phi) is 4.34. The van der Waals surface area contributed by atoms with Crippen molar-refractivity contribution >= 4 is 39.8 Å². The number of aromatic nitrogens is 1. The zero-order chi connectivity index (χ0) is 16.5. The van der Waals surface area contributed by atoms with Gasteiger partial charge in [0.1, 0.15) is 0 Å². The second-order valence-electron chi connectivity index (χ2n) is 6.31. The zero-order valence-corrected chi connectivity index (χ0v) is 14.8. The monoisotopic (exact) mass is 356 g/mol. The van der Waals surface area contributed by atoms with Gasteiger partial charge in [0.2, 0.25) is 0 Å². The van der Waals surface area contributed by atoms with Crippen LogP contribution in [0, 0.1) is 0 Å². The van der Waals surface area contributed by atoms with E-state index in [2.05, 4.69) is 40.2 Å². The SMILES string of the molecule is Clc1ccc(C2CCN(c3ccc4ncccc4c3)CC2)c(Cl)c1. The van der Waals surface area contributed by atoms with Gasteiger partial charge in [-0.05, 0) is 60.7 Å². The van der Waals surface area contributed by atoms with Crippen LogP contribution in [-0.4, -0.2) is 18.1 Å². The summed E-state index contributed by atoms with van der Waals surface area (Å²) in [5.41, 5.74) is 3.55. The molecule has 3 aromatic rings. The van der Waals surface area contributed by atoms with Gasteiger partial charge >= 0.3 is 0 Å². The topological polar surface area (TPSA) is 16.1 Å². The number of nitrogens with zero attached hydrogens (tertiary/aromatic N) is 2. The quantitative estimate of drug-likeness (QED) is 0.565. The molecule has 2 heterocycles. The van der Waals surface area contributed by atoms with E-state index in [1.54, 1.807) is 0 Å². The minimum Gasteiger partial charge on any atom is -0.371 e. The van der Waals surface area contributed by atoms with Crippen LogP contribution in [-0.2, 0) is 0 Å². The van der Waals surface area contributed by atoms with Crippen LogP contribution >= 0.6 is 23.2 Å². The molecule has 0 unspecified atom stereocenters. The van der Waals surface area contributed by atoms with Crippen LogP contribution in [0.25, 0.3) is 10.9 Å². The summed E-state index contributed by atoms with van der Waals surface area (Å²) >= 11 is 12.4. The maximum atomic E-state index is 6.38. The van der Waals surface area contributed by atoms with Crippen molar-refractivity contribution in [3.63, 3.8) is 0 Å². The molecule has 1 aromatic heterocycles. The van der Waals surface area contributed by atoms with Crippen molar-refractivity contribution in [1.29, 1.82) is 0 Å². The van der Waals surface area contributed by atoms with Crippen molar-refractivity contribution in [1.82, 2.24) is 4.98 Å². The lowest BCUT2D eigenvalue weighted by molar-refractivity contribution is 0.506. The molecule has 0 spiro atoms. The Balaban J connectivity index is 1.50. The predicted molar refractivity (Wildman–Crippen MR) is 102 cm³/mol. The van der Waals surface area contributed by atoms with E-state index in [0.717, 1.165) is 36.5 Å². The van der Waals surface area contributed by atoms with Crippen LogP contribution in [0.3, 0.4) is 0 Å². The first-order valence-corrected chi connectivity index (χ1v) is 9.01. The van der Waals surface area contributed by atoms with Gasteiger partial charge in [-0.15, -0.1) is 0 Å². The largest absolute Gasteiger partial charge is 0.371 e. The van der Waals surface area contributed by atoms with E-state index >= 15 is 0 Å². The first-order valence-electron chi connectivity index (χ1n) is 8.25. The van der Waals surface area contributed by atoms with Crippen molar-refractivity contribution in [2.45, 2.75) is 18.8 Å². The lowest BCUT2D eigenvalue weighted by atomic mass is 9.89. The molecule has 4 heteroatoms. The first-order chi connectivity index (χ1) is 11.7. The summed E-state index contributed by atoms with van der Waals surface area (Å²) in [7, 11) is 0. The molecule has 1 aliphatic rings. The van der Waals surface area contributed by atoms with E-state index in [9.17, 15) is 0 Å². The second kappa shape index (κ2) is 6.62. The van der Waals surface area contributed by atoms with Crippen molar-refractivity contribution in [3.05, 3.63) is 70.3 Å². The van der Waals surface area contributed by atoms with Gasteiger partial charge in [0, 0.05) is 40.4 Å². The molecule has 0 saturated carbocycles. The van der Waals surface area contributed by atoms with Crippen molar-refractivity contribution in [3.8, 4) is 0 Å². The third kappa shape index (κ3) is 3.09. The Morgan fingerprint density at radius 3 is 2.58 bits per heavy atom. The molecular formula is C20H18Cl2N2. The molecule has 0 radical (unpaired) electrons. The Bertz CT molecular complexity index is 870. The number of anilines is 1. The number of rotatable bonds is 2. The fourth-order valence-electron chi connectivity index (χ4n) is 3.54. The molecule has 0 N–H and O–H groups in total. The van der Waals surface area contributed by atoms with Crippen LogP contribution in [0.15, 0.2) is 54.7 Å². The summed E-state index contributed by atoms with van der Waals surface area (Å²) < 4.78 is 0. The van der Waals surface area contributed by atoms with Crippen molar-refractivity contribution in [2.75, 3.05) is 18.0 Å². The van der Waals surface area contributed by atoms with Gasteiger partial charge in [-0.1, -0.05) is 35.3 Å². The average molecular weight is 357 g/mol. The summed E-state index contributed by atoms with van der Waals surface area (Å²) in [5.74, 6) is 0.508. The molecule has 1 aliphatic heterocycles. The summed E-state index contributed by atoms with van der Waals surface area (Å²) in [4.78, 5) is 6.84. The smallest absolute Gasteiger partial charge is 0.0703 e. The number of pyridine rings is 1. The summed E-state index contributed by atoms with van der Waals surface area (Å²) in [6, 6.07) is 16.5. The minimum absolute atomic E-state index is 0.508. The third-order valence-electron chi connectivity index (χ3n) is 4.85. The minimum atomic E-state index is 0.508. The fourth-order valence-corrected chi connectivity index (χ4v) is 4.10. The number of hydrogen-bond donors (Lipinski definition) is 0. The summed E-state index contributed by atoms with van der Waals surface area (Å²) in [5, 5.41) is 2.68. The number of piperidine rings is 1. The molecule has 122 valence electrons. The molecule has 0 bridgehead atoms. The number of benzene rings is 2. The van der Waals surface area contributed by atoms with E-state index in [4.69, 9.17) is 23.2 Å². The maximum absolute atomic E-state index is 6.38. The lowest BCUT2D eigenvalue weighted by Crippen LogP contribution is -2.32. The third-order valence-corrected chi connectivity index (χ3v) is 5.41. The Hall–Kier alpha value is -1.77. The standard InChI is InChI=1S/C20H18Cl2N2/c21-16-3-5-18(19(22)13-16)14-7-10-24(11-8-14)17-4-6-20-15(12-17)2-1-9-23-20/h1-6,9,12-14H,7-8,10-11H2. The van der Waals surface area contributed by atoms with Crippen LogP contribution < -0.4 is 4.90 Å². The maximum Gasteiger partial charge on any atom is 0.0703 e. The molecule has 0 amide bonds. The lowest BCUT2D eigenvalue weighted by Gasteiger charge is -2.34. The van der Waals surface area contributed by atoms with E-state index < -0.39 is 0 Å². The van der Waals surface area contributed by atoms with Crippen LogP contribution in [0.4, 0.5) is 5.69 Å². The fraction of sp³-hybridized carbons (Fsp3) is 0.250. The second-order valence-corrected chi connectivity index (χ2v) is 7.15. The Morgan fingerprint density at radius 1 is 0.958 bits per heavy atom. The van der Waals surface area contributed by atoms with E-state index in [1.807, 2.05) is 24.4 Å². The number of fused-ring (bicyclic) bond motifs is 1. The molecule has 1 saturated heterocycles. The van der Waals surface area contributed by atoms with Crippen molar-refractivity contribution in [2.24, 2.45) is 0 Å². The van der Waals surface area contributed by atoms with E-state index in [0.29, 0.717) is 10.9 Å². The molecule has 2 aromatic carbocycles. The Morgan fingerprint density at radius 2 is 1.79 bits per heavy atom. The summed E-state index contributed by atoms with van der Waals surface area (Å²) in [6.45, 7) is 2.07. The van der Waals surface area contributed by atoms with Gasteiger partial charge in [0.25, 0.3) is 0 Å². The van der Waals surface area contributed by atoms with Crippen molar-refractivity contribution < 1.29 is 0 Å². The highest BCUT2D eigenvalue weighted by Gasteiger charge is 2.22. The molecule has 0 aliphatic carbocycles. The summed E-state index contributed by atoms with van der Waals surface area (Å²) in [6.07, 6.45) is 4.04. The Labute approximate surface area is 152 Å². The number of hydrogen-bond acceptors (Lipinski definition) is 2. The van der Waals surface area contributed by atoms with Gasteiger partial charge in [-0.2, -0.15) is 0 Å². The van der Waals surface area contributed by atoms with Crippen LogP contribution in [0.5, 0.6) is 0 Å². The highest BCUT2D eigenvalue weighted by molar-refractivity contribution is 6.35. The predicted octanol–water partition coefficient (Wildman–Crippen LogP) is 5.93. The van der Waals surface area contributed by atoms with Gasteiger partial charge in [-0.25, -0.2) is 0 Å². The van der Waals surface area contributed by atoms with Gasteiger partial charge in [-0.3, -0.25) is 4.98 Å². The highest BCUT2D eigenvalue weighted by Crippen LogP contribution is 2.35. The normalized spacial score (nSPS) is 15.8. The zero-order valence-electron chi connectivity index (χ0n) is 13.3. The van der Waals surface area contributed by atoms with Gasteiger partial charge in [0.15, 0.2) is 0 Å². The molecular weight excluding hydrogens is 339 g/mol. The number of halogens is 2. The van der Waals surface area contributed by atoms with Gasteiger partial charge in [0.05, 0.1) is 5.52 Å². The van der Waals surface area contributed by atoms with Crippen LogP contribution in [0.2, 0.25) is 10.0 Å². The first kappa shape index (κ1) is 15.7. The molecule has 0 atom stereocenters. The molecule has 4 rings (SSSR count). The van der Waals surface area contributed by atoms with E-state index in [-0.39, 0.29) is 0 Å². The van der Waals surface area contributed by atoms with Gasteiger partial charge < -0.3 is 4.90 Å².